The van der Waals surface area contributed by atoms with Crippen LogP contribution in [-0.4, -0.2) is 6.17 Å². The maximum Gasteiger partial charge on any atom is 0.134 e. The summed E-state index contributed by atoms with van der Waals surface area (Å²) in [7, 11) is 0. The molecule has 1 atom stereocenters. The normalized spacial score (nSPS) is 19.0. The van der Waals surface area contributed by atoms with Gasteiger partial charge in [-0.2, -0.15) is 0 Å². The number of hydrogen-bond acceptors (Lipinski definition) is 9. The molecule has 0 aromatic heterocycles. The van der Waals surface area contributed by atoms with Crippen LogP contribution in [0.15, 0.2) is 5.70 Å². The van der Waals surface area contributed by atoms with Crippen LogP contribution in [0.1, 0.15) is 5.56 Å². The lowest BCUT2D eigenvalue weighted by atomic mass is 9.97. The van der Waals surface area contributed by atoms with Gasteiger partial charge in [0, 0.05) is 0 Å². The highest BCUT2D eigenvalue weighted by molar-refractivity contribution is 6.04. The number of hydrazine groups is 1. The van der Waals surface area contributed by atoms with Crippen LogP contribution in [-0.2, 0) is 0 Å². The summed E-state index contributed by atoms with van der Waals surface area (Å²) in [6, 6.07) is 0. The molecule has 1 heterocycles. The molecule has 16 N–H and O–H groups in total. The molecule has 9 heteroatoms. The van der Waals surface area contributed by atoms with Crippen LogP contribution in [0.3, 0.4) is 0 Å². The van der Waals surface area contributed by atoms with Gasteiger partial charge < -0.3 is 40.1 Å². The second-order valence-electron chi connectivity index (χ2n) is 4.10. The number of benzene rings is 1. The quantitative estimate of drug-likeness (QED) is 0.182. The molecule has 18 heavy (non-hydrogen) atoms. The lowest BCUT2D eigenvalue weighted by Gasteiger charge is -2.35. The number of nitrogens with zero attached hydrogens (tertiary/aromatic N) is 1. The van der Waals surface area contributed by atoms with Crippen molar-refractivity contribution in [2.24, 2.45) is 23.0 Å². The van der Waals surface area contributed by atoms with Crippen molar-refractivity contribution in [3.8, 4) is 0 Å². The number of fused-ring (bicyclic) bond motifs is 1. The Morgan fingerprint density at radius 3 is 1.83 bits per heavy atom. The maximum atomic E-state index is 5.89. The molecule has 0 bridgehead atoms. The minimum Gasteiger partial charge on any atom is -0.398 e. The van der Waals surface area contributed by atoms with Crippen LogP contribution in [0.5, 0.6) is 0 Å². The van der Waals surface area contributed by atoms with Gasteiger partial charge in [0.1, 0.15) is 6.17 Å². The molecular formula is C9H17N9. The minimum atomic E-state index is -0.803. The molecule has 0 fully saturated rings. The summed E-state index contributed by atoms with van der Waals surface area (Å²) in [5.74, 6) is 5.84. The standard InChI is InChI=1S/C9H17N9/c10-2-1-3(11)7(15)9(16)18(17)8(1)6(14)5(13)4(2)12/h9H,10-17H2. The Morgan fingerprint density at radius 1 is 0.778 bits per heavy atom. The first-order valence-corrected chi connectivity index (χ1v) is 5.09. The number of anilines is 5. The molecule has 0 saturated carbocycles. The van der Waals surface area contributed by atoms with Gasteiger partial charge in [-0.15, -0.1) is 0 Å². The summed E-state index contributed by atoms with van der Waals surface area (Å²) >= 11 is 0. The Morgan fingerprint density at radius 2 is 1.28 bits per heavy atom. The largest absolute Gasteiger partial charge is 0.398 e. The molecule has 1 aromatic rings. The summed E-state index contributed by atoms with van der Waals surface area (Å²) in [4.78, 5) is 0. The highest BCUT2D eigenvalue weighted by Gasteiger charge is 2.32. The fraction of sp³-hybridized carbons (Fsp3) is 0.111. The summed E-state index contributed by atoms with van der Waals surface area (Å²) in [5, 5.41) is 1.17. The van der Waals surface area contributed by atoms with Crippen molar-refractivity contribution in [3.05, 3.63) is 11.3 Å². The second-order valence-corrected chi connectivity index (χ2v) is 4.10. The van der Waals surface area contributed by atoms with Crippen molar-refractivity contribution in [3.63, 3.8) is 0 Å². The molecule has 0 aliphatic carbocycles. The van der Waals surface area contributed by atoms with E-state index in [9.17, 15) is 0 Å². The third-order valence-electron chi connectivity index (χ3n) is 3.09. The Hall–Kier alpha value is -2.52. The number of rotatable bonds is 0. The molecule has 0 spiro atoms. The molecule has 1 aromatic carbocycles. The molecular weight excluding hydrogens is 234 g/mol. The van der Waals surface area contributed by atoms with Crippen molar-refractivity contribution in [1.82, 2.24) is 0 Å². The van der Waals surface area contributed by atoms with E-state index < -0.39 is 6.17 Å². The van der Waals surface area contributed by atoms with E-state index in [-0.39, 0.29) is 34.1 Å². The second kappa shape index (κ2) is 3.48. The average Bonchev–Trinajstić information content (AvgIpc) is 2.35. The Labute approximate surface area is 103 Å². The van der Waals surface area contributed by atoms with Crippen LogP contribution in [0.25, 0.3) is 5.70 Å². The van der Waals surface area contributed by atoms with Gasteiger partial charge in [-0.3, -0.25) is 5.01 Å². The van der Waals surface area contributed by atoms with Gasteiger partial charge in [-0.05, 0) is 0 Å². The predicted octanol–water partition coefficient (Wildman–Crippen LogP) is -2.42. The summed E-state index contributed by atoms with van der Waals surface area (Å²) in [5.41, 5.74) is 42.5. The van der Waals surface area contributed by atoms with Crippen molar-refractivity contribution < 1.29 is 0 Å². The Kier molecular flexibility index (Phi) is 2.31. The van der Waals surface area contributed by atoms with Crippen molar-refractivity contribution >= 4 is 34.1 Å². The van der Waals surface area contributed by atoms with Crippen LogP contribution in [0, 0.1) is 0 Å². The van der Waals surface area contributed by atoms with Gasteiger partial charge >= 0.3 is 0 Å². The molecule has 9 nitrogen and oxygen atoms in total. The summed E-state index contributed by atoms with van der Waals surface area (Å²) in [6.45, 7) is 0. The molecule has 0 radical (unpaired) electrons. The van der Waals surface area contributed by atoms with Gasteiger partial charge in [0.05, 0.1) is 45.4 Å². The first-order valence-electron chi connectivity index (χ1n) is 5.09. The molecule has 1 aliphatic heterocycles. The van der Waals surface area contributed by atoms with Gasteiger partial charge in [0.15, 0.2) is 0 Å². The van der Waals surface area contributed by atoms with E-state index in [2.05, 4.69) is 0 Å². The third kappa shape index (κ3) is 1.22. The van der Waals surface area contributed by atoms with E-state index in [1.165, 1.54) is 5.01 Å². The van der Waals surface area contributed by atoms with Crippen LogP contribution in [0.2, 0.25) is 0 Å². The number of hydrogen-bond donors (Lipinski definition) is 8. The smallest absolute Gasteiger partial charge is 0.134 e. The Bertz CT molecular complexity index is 562. The molecule has 98 valence electrons. The summed E-state index contributed by atoms with van der Waals surface area (Å²) in [6.07, 6.45) is -0.803. The monoisotopic (exact) mass is 251 g/mol. The number of nitrogen functional groups attached to an aromatic ring is 4. The first kappa shape index (κ1) is 12.0. The van der Waals surface area contributed by atoms with Crippen LogP contribution >= 0.6 is 0 Å². The van der Waals surface area contributed by atoms with Gasteiger partial charge in [0.2, 0.25) is 0 Å². The molecule has 1 unspecified atom stereocenters. The summed E-state index contributed by atoms with van der Waals surface area (Å²) < 4.78 is 0. The highest BCUT2D eigenvalue weighted by atomic mass is 15.5. The SMILES string of the molecule is NC1=C(N)C(N)N(N)c2c(N)c(N)c(N)c(N)c21. The van der Waals surface area contributed by atoms with E-state index in [0.717, 1.165) is 0 Å². The lowest BCUT2D eigenvalue weighted by Crippen LogP contribution is -2.53. The van der Waals surface area contributed by atoms with Gasteiger partial charge in [-0.25, -0.2) is 5.84 Å². The zero-order chi connectivity index (χ0) is 13.8. The van der Waals surface area contributed by atoms with E-state index in [1.54, 1.807) is 0 Å². The van der Waals surface area contributed by atoms with Gasteiger partial charge in [-0.1, -0.05) is 0 Å². The molecule has 0 saturated heterocycles. The molecule has 2 rings (SSSR count). The van der Waals surface area contributed by atoms with Crippen LogP contribution < -0.4 is 51.0 Å². The van der Waals surface area contributed by atoms with Crippen molar-refractivity contribution in [2.45, 2.75) is 6.17 Å². The molecule has 0 amide bonds. The van der Waals surface area contributed by atoms with E-state index in [4.69, 9.17) is 46.0 Å². The molecule has 1 aliphatic rings. The fourth-order valence-corrected chi connectivity index (χ4v) is 1.95. The van der Waals surface area contributed by atoms with E-state index in [0.29, 0.717) is 11.3 Å². The van der Waals surface area contributed by atoms with E-state index >= 15 is 0 Å². The van der Waals surface area contributed by atoms with E-state index in [1.807, 2.05) is 0 Å². The zero-order valence-electron chi connectivity index (χ0n) is 9.64. The first-order chi connectivity index (χ1) is 8.29. The Balaban J connectivity index is 2.92. The fourth-order valence-electron chi connectivity index (χ4n) is 1.95. The highest BCUT2D eigenvalue weighted by Crippen LogP contribution is 2.46. The zero-order valence-corrected chi connectivity index (χ0v) is 9.64. The third-order valence-corrected chi connectivity index (χ3v) is 3.09. The maximum absolute atomic E-state index is 5.89. The average molecular weight is 251 g/mol. The lowest BCUT2D eigenvalue weighted by molar-refractivity contribution is 0.690. The van der Waals surface area contributed by atoms with Crippen molar-refractivity contribution in [2.75, 3.05) is 27.9 Å². The van der Waals surface area contributed by atoms with Crippen molar-refractivity contribution in [1.29, 1.82) is 0 Å². The van der Waals surface area contributed by atoms with Gasteiger partial charge in [0.25, 0.3) is 0 Å². The predicted molar refractivity (Wildman–Crippen MR) is 74.0 cm³/mol. The topological polar surface area (TPSA) is 211 Å². The minimum absolute atomic E-state index is 0.141. The number of nitrogens with two attached hydrogens (primary N) is 8. The van der Waals surface area contributed by atoms with Crippen LogP contribution in [0.4, 0.5) is 28.4 Å².